The van der Waals surface area contributed by atoms with Crippen LogP contribution in [0.4, 0.5) is 0 Å². The maximum atomic E-state index is 12.4. The highest BCUT2D eigenvalue weighted by atomic mass is 16.3. The highest BCUT2D eigenvalue weighted by molar-refractivity contribution is 5.77. The van der Waals surface area contributed by atoms with E-state index in [0.717, 1.165) is 24.0 Å². The topological polar surface area (TPSA) is 61.4 Å². The van der Waals surface area contributed by atoms with Crippen molar-refractivity contribution in [3.63, 3.8) is 0 Å². The van der Waals surface area contributed by atoms with Crippen LogP contribution in [-0.4, -0.2) is 29.2 Å². The zero-order valence-electron chi connectivity index (χ0n) is 12.8. The summed E-state index contributed by atoms with van der Waals surface area (Å²) in [7, 11) is 0. The molecule has 2 unspecified atom stereocenters. The molecule has 1 aromatic rings. The Morgan fingerprint density at radius 2 is 1.95 bits per heavy atom. The molecule has 118 valence electrons. The molecular weight excluding hydrogens is 276 g/mol. The molecule has 2 fully saturated rings. The van der Waals surface area contributed by atoms with E-state index in [0.29, 0.717) is 30.8 Å². The van der Waals surface area contributed by atoms with Gasteiger partial charge in [0.25, 0.3) is 0 Å². The van der Waals surface area contributed by atoms with E-state index in [1.54, 1.807) is 0 Å². The number of benzene rings is 1. The second-order valence-corrected chi connectivity index (χ2v) is 7.19. The normalized spacial score (nSPS) is 36.1. The number of aliphatic hydroxyl groups excluding tert-OH is 1. The third-order valence-corrected chi connectivity index (χ3v) is 5.57. The van der Waals surface area contributed by atoms with E-state index in [9.17, 15) is 9.90 Å². The van der Waals surface area contributed by atoms with Gasteiger partial charge in [-0.3, -0.25) is 4.79 Å². The Hall–Kier alpha value is -1.39. The average molecular weight is 300 g/mol. The standard InChI is InChI=1S/C18H24N2O2/c21-16-10-12-3-1-2-4-15(12)18(16)20-17(22)9-11-7-13-5-6-14(8-11)19-13/h1-4,11,13-14,16,18-19,21H,5-10H2,(H,20,22)/t11?,13?,14?,16-,18+/m1/s1. The van der Waals surface area contributed by atoms with Crippen molar-refractivity contribution >= 4 is 5.91 Å². The lowest BCUT2D eigenvalue weighted by Gasteiger charge is -2.29. The molecule has 1 amide bonds. The SMILES string of the molecule is O=C(CC1CC2CCC(C1)N2)N[C@H]1c2ccccc2C[C@H]1O. The third kappa shape index (κ3) is 2.66. The summed E-state index contributed by atoms with van der Waals surface area (Å²) >= 11 is 0. The zero-order chi connectivity index (χ0) is 15.1. The lowest BCUT2D eigenvalue weighted by atomic mass is 9.89. The van der Waals surface area contributed by atoms with Gasteiger partial charge in [0.05, 0.1) is 12.1 Å². The van der Waals surface area contributed by atoms with Crippen LogP contribution in [0.1, 0.15) is 49.3 Å². The summed E-state index contributed by atoms with van der Waals surface area (Å²) < 4.78 is 0. The van der Waals surface area contributed by atoms with Gasteiger partial charge < -0.3 is 15.7 Å². The largest absolute Gasteiger partial charge is 0.390 e. The number of aliphatic hydroxyl groups is 1. The van der Waals surface area contributed by atoms with Gasteiger partial charge in [-0.1, -0.05) is 24.3 Å². The predicted molar refractivity (Wildman–Crippen MR) is 84.3 cm³/mol. The number of hydrogen-bond acceptors (Lipinski definition) is 3. The van der Waals surface area contributed by atoms with Crippen LogP contribution in [0.15, 0.2) is 24.3 Å². The highest BCUT2D eigenvalue weighted by Crippen LogP contribution is 2.34. The molecule has 2 heterocycles. The Kier molecular flexibility index (Phi) is 3.66. The van der Waals surface area contributed by atoms with Crippen molar-refractivity contribution in [2.24, 2.45) is 5.92 Å². The molecule has 4 heteroatoms. The predicted octanol–water partition coefficient (Wildman–Crippen LogP) is 1.68. The van der Waals surface area contributed by atoms with Crippen molar-refractivity contribution in [2.45, 2.75) is 62.8 Å². The third-order valence-electron chi connectivity index (χ3n) is 5.57. The number of carbonyl (C=O) groups excluding carboxylic acids is 1. The van der Waals surface area contributed by atoms with Gasteiger partial charge in [-0.25, -0.2) is 0 Å². The number of hydrogen-bond donors (Lipinski definition) is 3. The first-order chi connectivity index (χ1) is 10.7. The molecule has 2 bridgehead atoms. The van der Waals surface area contributed by atoms with Gasteiger partial charge >= 0.3 is 0 Å². The van der Waals surface area contributed by atoms with Crippen LogP contribution in [0.2, 0.25) is 0 Å². The number of amides is 1. The molecule has 1 aliphatic carbocycles. The van der Waals surface area contributed by atoms with Gasteiger partial charge in [0.15, 0.2) is 0 Å². The number of rotatable bonds is 3. The van der Waals surface area contributed by atoms with Crippen LogP contribution in [0.25, 0.3) is 0 Å². The van der Waals surface area contributed by atoms with E-state index in [2.05, 4.69) is 10.6 Å². The second kappa shape index (κ2) is 5.67. The van der Waals surface area contributed by atoms with Gasteiger partial charge in [0, 0.05) is 24.9 Å². The van der Waals surface area contributed by atoms with E-state index in [4.69, 9.17) is 0 Å². The van der Waals surface area contributed by atoms with Crippen LogP contribution in [0.5, 0.6) is 0 Å². The Morgan fingerprint density at radius 3 is 2.73 bits per heavy atom. The molecule has 22 heavy (non-hydrogen) atoms. The molecule has 2 saturated heterocycles. The zero-order valence-corrected chi connectivity index (χ0v) is 12.8. The summed E-state index contributed by atoms with van der Waals surface area (Å²) in [4.78, 5) is 12.4. The van der Waals surface area contributed by atoms with E-state index >= 15 is 0 Å². The molecule has 4 atom stereocenters. The lowest BCUT2D eigenvalue weighted by molar-refractivity contribution is -0.123. The van der Waals surface area contributed by atoms with Crippen LogP contribution in [0.3, 0.4) is 0 Å². The van der Waals surface area contributed by atoms with Crippen LogP contribution in [-0.2, 0) is 11.2 Å². The average Bonchev–Trinajstić information content (AvgIpc) is 2.99. The second-order valence-electron chi connectivity index (χ2n) is 7.19. The number of fused-ring (bicyclic) bond motifs is 3. The van der Waals surface area contributed by atoms with Crippen LogP contribution in [0, 0.1) is 5.92 Å². The first-order valence-electron chi connectivity index (χ1n) is 8.50. The van der Waals surface area contributed by atoms with Crippen molar-refractivity contribution in [1.29, 1.82) is 0 Å². The van der Waals surface area contributed by atoms with E-state index in [1.807, 2.05) is 24.3 Å². The minimum Gasteiger partial charge on any atom is -0.390 e. The maximum Gasteiger partial charge on any atom is 0.220 e. The molecule has 4 rings (SSSR count). The van der Waals surface area contributed by atoms with Gasteiger partial charge in [-0.05, 0) is 42.7 Å². The first-order valence-corrected chi connectivity index (χ1v) is 8.50. The smallest absolute Gasteiger partial charge is 0.220 e. The fraction of sp³-hybridized carbons (Fsp3) is 0.611. The molecule has 0 radical (unpaired) electrons. The van der Waals surface area contributed by atoms with Crippen molar-refractivity contribution in [3.05, 3.63) is 35.4 Å². The molecule has 0 spiro atoms. The van der Waals surface area contributed by atoms with E-state index in [-0.39, 0.29) is 11.9 Å². The Balaban J connectivity index is 1.38. The lowest BCUT2D eigenvalue weighted by Crippen LogP contribution is -2.40. The minimum absolute atomic E-state index is 0.0899. The van der Waals surface area contributed by atoms with Gasteiger partial charge in [0.1, 0.15) is 0 Å². The molecule has 0 aromatic heterocycles. The first kappa shape index (κ1) is 14.2. The quantitative estimate of drug-likeness (QED) is 0.796. The summed E-state index contributed by atoms with van der Waals surface area (Å²) in [6.45, 7) is 0. The van der Waals surface area contributed by atoms with Gasteiger partial charge in [-0.15, -0.1) is 0 Å². The monoisotopic (exact) mass is 300 g/mol. The van der Waals surface area contributed by atoms with Gasteiger partial charge in [-0.2, -0.15) is 0 Å². The van der Waals surface area contributed by atoms with Gasteiger partial charge in [0.2, 0.25) is 5.91 Å². The van der Waals surface area contributed by atoms with Crippen molar-refractivity contribution in [3.8, 4) is 0 Å². The summed E-state index contributed by atoms with van der Waals surface area (Å²) in [5.74, 6) is 0.583. The Labute approximate surface area is 131 Å². The minimum atomic E-state index is -0.495. The Morgan fingerprint density at radius 1 is 1.23 bits per heavy atom. The fourth-order valence-corrected chi connectivity index (χ4v) is 4.58. The molecule has 1 aromatic carbocycles. The summed E-state index contributed by atoms with van der Waals surface area (Å²) in [5, 5.41) is 16.9. The molecule has 4 nitrogen and oxygen atoms in total. The number of nitrogens with one attached hydrogen (secondary N) is 2. The van der Waals surface area contributed by atoms with E-state index in [1.165, 1.54) is 12.8 Å². The fourth-order valence-electron chi connectivity index (χ4n) is 4.58. The molecule has 2 aliphatic heterocycles. The van der Waals surface area contributed by atoms with E-state index < -0.39 is 6.10 Å². The van der Waals surface area contributed by atoms with Crippen molar-refractivity contribution < 1.29 is 9.90 Å². The molecular formula is C18H24N2O2. The number of carbonyl (C=O) groups is 1. The Bertz CT molecular complexity index is 562. The molecule has 3 aliphatic rings. The maximum absolute atomic E-state index is 12.4. The molecule has 0 saturated carbocycles. The van der Waals surface area contributed by atoms with Crippen molar-refractivity contribution in [1.82, 2.24) is 10.6 Å². The number of piperidine rings is 1. The highest BCUT2D eigenvalue weighted by Gasteiger charge is 2.36. The summed E-state index contributed by atoms with van der Waals surface area (Å²) in [5.41, 5.74) is 2.23. The summed E-state index contributed by atoms with van der Waals surface area (Å²) in [6, 6.07) is 9.02. The van der Waals surface area contributed by atoms with Crippen LogP contribution >= 0.6 is 0 Å². The molecule has 3 N–H and O–H groups in total. The summed E-state index contributed by atoms with van der Waals surface area (Å²) in [6.07, 6.45) is 5.50. The van der Waals surface area contributed by atoms with Crippen LogP contribution < -0.4 is 10.6 Å². The van der Waals surface area contributed by atoms with Crippen molar-refractivity contribution in [2.75, 3.05) is 0 Å².